The summed E-state index contributed by atoms with van der Waals surface area (Å²) in [5.74, 6) is 0.714. The van der Waals surface area contributed by atoms with Crippen molar-refractivity contribution in [3.8, 4) is 0 Å². The van der Waals surface area contributed by atoms with Crippen LogP contribution in [0.4, 0.5) is 5.69 Å². The number of anilines is 1. The van der Waals surface area contributed by atoms with Crippen molar-refractivity contribution in [2.24, 2.45) is 0 Å². The second-order valence-electron chi connectivity index (χ2n) is 7.01. The fourth-order valence-corrected chi connectivity index (χ4v) is 3.34. The van der Waals surface area contributed by atoms with Gasteiger partial charge in [-0.05, 0) is 24.1 Å². The molecule has 2 heterocycles. The van der Waals surface area contributed by atoms with Crippen molar-refractivity contribution in [3.05, 3.63) is 84.1 Å². The highest BCUT2D eigenvalue weighted by atomic mass is 32.1. The lowest BCUT2D eigenvalue weighted by Crippen LogP contribution is -2.51. The average molecular weight is 409 g/mol. The number of aryl methyl sites for hydroxylation is 1. The highest BCUT2D eigenvalue weighted by molar-refractivity contribution is 7.80. The molecular formula is C23H26N3O2S+. The normalized spacial score (nSPS) is 11.7. The number of rotatable bonds is 8. The Morgan fingerprint density at radius 2 is 1.83 bits per heavy atom. The molecule has 1 aromatic carbocycles. The van der Waals surface area contributed by atoms with E-state index in [-0.39, 0.29) is 5.78 Å². The molecular weight excluding hydrogens is 382 g/mol. The van der Waals surface area contributed by atoms with Gasteiger partial charge in [0.1, 0.15) is 5.76 Å². The van der Waals surface area contributed by atoms with Gasteiger partial charge in [-0.2, -0.15) is 4.57 Å². The van der Waals surface area contributed by atoms with Crippen LogP contribution in [0.25, 0.3) is 0 Å². The molecule has 0 bridgehead atoms. The Morgan fingerprint density at radius 3 is 2.38 bits per heavy atom. The van der Waals surface area contributed by atoms with Crippen molar-refractivity contribution in [3.63, 3.8) is 0 Å². The summed E-state index contributed by atoms with van der Waals surface area (Å²) in [6, 6.07) is 14.7. The van der Waals surface area contributed by atoms with Crippen molar-refractivity contribution < 1.29 is 13.8 Å². The maximum absolute atomic E-state index is 13.4. The van der Waals surface area contributed by atoms with E-state index in [2.05, 4.69) is 12.2 Å². The highest BCUT2D eigenvalue weighted by Gasteiger charge is 2.33. The van der Waals surface area contributed by atoms with Gasteiger partial charge < -0.3 is 14.6 Å². The lowest BCUT2D eigenvalue weighted by Gasteiger charge is -2.16. The molecule has 0 unspecified atom stereocenters. The van der Waals surface area contributed by atoms with Crippen LogP contribution in [0.15, 0.2) is 71.6 Å². The number of thiocarbonyl (C=S) groups is 1. The molecule has 1 atom stereocenters. The number of Topliss-reactive ketones (excluding diaryl/α,β-unsaturated/α-hetero) is 1. The number of pyridine rings is 1. The van der Waals surface area contributed by atoms with Gasteiger partial charge in [-0.3, -0.25) is 4.79 Å². The van der Waals surface area contributed by atoms with E-state index >= 15 is 0 Å². The predicted molar refractivity (Wildman–Crippen MR) is 118 cm³/mol. The van der Waals surface area contributed by atoms with Crippen molar-refractivity contribution >= 4 is 28.7 Å². The number of aromatic nitrogens is 1. The molecule has 0 spiro atoms. The minimum Gasteiger partial charge on any atom is -0.467 e. The predicted octanol–water partition coefficient (Wildman–Crippen LogP) is 3.74. The van der Waals surface area contributed by atoms with Crippen LogP contribution in [0, 0.1) is 0 Å². The van der Waals surface area contributed by atoms with Gasteiger partial charge in [0.05, 0.1) is 12.8 Å². The molecule has 0 amide bonds. The van der Waals surface area contributed by atoms with Crippen LogP contribution < -0.4 is 14.8 Å². The van der Waals surface area contributed by atoms with Gasteiger partial charge >= 0.3 is 0 Å². The minimum absolute atomic E-state index is 0.0489. The van der Waals surface area contributed by atoms with Gasteiger partial charge in [-0.1, -0.05) is 43.4 Å². The SMILES string of the molecule is CCc1ccc(C(=O)[C@@H](C(=S)NCc2ccco2)[n+]2ccc(N(C)C)cc2)cc1. The van der Waals surface area contributed by atoms with Gasteiger partial charge in [-0.25, -0.2) is 0 Å². The third-order valence-corrected chi connectivity index (χ3v) is 5.18. The quantitative estimate of drug-likeness (QED) is 0.350. The molecule has 6 heteroatoms. The molecule has 0 aliphatic heterocycles. The topological polar surface area (TPSA) is 49.4 Å². The third-order valence-electron chi connectivity index (χ3n) is 4.81. The van der Waals surface area contributed by atoms with Crippen LogP contribution in [0.2, 0.25) is 0 Å². The molecule has 0 radical (unpaired) electrons. The number of hydrogen-bond donors (Lipinski definition) is 1. The summed E-state index contributed by atoms with van der Waals surface area (Å²) in [5, 5.41) is 3.18. The number of carbonyl (C=O) groups excluding carboxylic acids is 1. The molecule has 1 N–H and O–H groups in total. The number of furan rings is 1. The zero-order valence-electron chi connectivity index (χ0n) is 17.0. The largest absolute Gasteiger partial charge is 0.467 e. The molecule has 3 rings (SSSR count). The molecule has 0 saturated carbocycles. The van der Waals surface area contributed by atoms with E-state index < -0.39 is 6.04 Å². The Morgan fingerprint density at radius 1 is 1.14 bits per heavy atom. The van der Waals surface area contributed by atoms with E-state index in [1.807, 2.05) is 84.5 Å². The zero-order valence-corrected chi connectivity index (χ0v) is 17.8. The molecule has 5 nitrogen and oxygen atoms in total. The number of benzene rings is 1. The van der Waals surface area contributed by atoms with Crippen molar-refractivity contribution in [2.45, 2.75) is 25.9 Å². The van der Waals surface area contributed by atoms with E-state index in [0.29, 0.717) is 17.1 Å². The summed E-state index contributed by atoms with van der Waals surface area (Å²) in [5.41, 5.74) is 2.88. The molecule has 0 fully saturated rings. The fourth-order valence-electron chi connectivity index (χ4n) is 3.04. The number of carbonyl (C=O) groups is 1. The van der Waals surface area contributed by atoms with Crippen molar-refractivity contribution in [1.29, 1.82) is 0 Å². The Balaban J connectivity index is 1.88. The van der Waals surface area contributed by atoms with E-state index in [0.717, 1.165) is 17.9 Å². The number of nitrogens with one attached hydrogen (secondary N) is 1. The fraction of sp³-hybridized carbons (Fsp3) is 0.261. The second-order valence-corrected chi connectivity index (χ2v) is 7.45. The van der Waals surface area contributed by atoms with Crippen LogP contribution in [-0.4, -0.2) is 24.9 Å². The number of nitrogens with zero attached hydrogens (tertiary/aromatic N) is 2. The Labute approximate surface area is 177 Å². The summed E-state index contributed by atoms with van der Waals surface area (Å²) in [6.07, 6.45) is 6.33. The minimum atomic E-state index is -0.636. The van der Waals surface area contributed by atoms with Crippen LogP contribution in [0.1, 0.15) is 34.6 Å². The Bertz CT molecular complexity index is 949. The first-order valence-electron chi connectivity index (χ1n) is 9.61. The van der Waals surface area contributed by atoms with E-state index in [4.69, 9.17) is 16.6 Å². The molecule has 3 aromatic rings. The zero-order chi connectivity index (χ0) is 20.8. The Kier molecular flexibility index (Phi) is 6.77. The summed E-state index contributed by atoms with van der Waals surface area (Å²) in [7, 11) is 3.96. The molecule has 29 heavy (non-hydrogen) atoms. The van der Waals surface area contributed by atoms with Crippen LogP contribution in [-0.2, 0) is 13.0 Å². The lowest BCUT2D eigenvalue weighted by atomic mass is 10.0. The summed E-state index contributed by atoms with van der Waals surface area (Å²) in [6.45, 7) is 2.52. The van der Waals surface area contributed by atoms with Crippen LogP contribution in [0.5, 0.6) is 0 Å². The van der Waals surface area contributed by atoms with Crippen molar-refractivity contribution in [1.82, 2.24) is 5.32 Å². The molecule has 2 aromatic heterocycles. The smallest absolute Gasteiger partial charge is 0.270 e. The molecule has 150 valence electrons. The highest BCUT2D eigenvalue weighted by Crippen LogP contribution is 2.15. The van der Waals surface area contributed by atoms with Gasteiger partial charge in [0.25, 0.3) is 6.04 Å². The van der Waals surface area contributed by atoms with E-state index in [9.17, 15) is 4.79 Å². The monoisotopic (exact) mass is 408 g/mol. The first-order valence-corrected chi connectivity index (χ1v) is 10.0. The summed E-state index contributed by atoms with van der Waals surface area (Å²) in [4.78, 5) is 15.8. The average Bonchev–Trinajstić information content (AvgIpc) is 3.26. The molecule has 0 aliphatic carbocycles. The lowest BCUT2D eigenvalue weighted by molar-refractivity contribution is -0.692. The van der Waals surface area contributed by atoms with Gasteiger partial charge in [0.2, 0.25) is 5.78 Å². The number of hydrogen-bond acceptors (Lipinski definition) is 4. The second kappa shape index (κ2) is 9.47. The van der Waals surface area contributed by atoms with Crippen LogP contribution >= 0.6 is 12.2 Å². The summed E-state index contributed by atoms with van der Waals surface area (Å²) >= 11 is 5.63. The number of ketones is 1. The Hall–Kier alpha value is -2.99. The van der Waals surface area contributed by atoms with E-state index in [1.165, 1.54) is 5.56 Å². The summed E-state index contributed by atoms with van der Waals surface area (Å²) < 4.78 is 7.21. The van der Waals surface area contributed by atoms with Gasteiger partial charge in [0, 0.05) is 37.5 Å². The van der Waals surface area contributed by atoms with E-state index in [1.54, 1.807) is 6.26 Å². The maximum atomic E-state index is 13.4. The maximum Gasteiger partial charge on any atom is 0.270 e. The first kappa shape index (κ1) is 20.7. The molecule has 0 saturated heterocycles. The van der Waals surface area contributed by atoms with Gasteiger partial charge in [-0.15, -0.1) is 0 Å². The van der Waals surface area contributed by atoms with Gasteiger partial charge in [0.15, 0.2) is 17.4 Å². The first-order chi connectivity index (χ1) is 14.0. The standard InChI is InChI=1S/C23H25N3O2S/c1-4-17-7-9-18(10-8-17)22(27)21(23(29)24-16-20-6-5-15-28-20)26-13-11-19(12-14-26)25(2)3/h5-15,21H,4,16H2,1-3H3/p+1/t21-/m0/s1. The van der Waals surface area contributed by atoms with Crippen molar-refractivity contribution in [2.75, 3.05) is 19.0 Å². The molecule has 0 aliphatic rings. The van der Waals surface area contributed by atoms with Crippen LogP contribution in [0.3, 0.4) is 0 Å². The third kappa shape index (κ3) is 5.09.